The maximum atomic E-state index is 11.9. The van der Waals surface area contributed by atoms with Crippen LogP contribution in [-0.2, 0) is 4.79 Å². The van der Waals surface area contributed by atoms with Crippen molar-refractivity contribution in [3.8, 4) is 0 Å². The van der Waals surface area contributed by atoms with Gasteiger partial charge >= 0.3 is 12.0 Å². The maximum Gasteiger partial charge on any atom is 0.321 e. The fraction of sp³-hybridized carbons (Fsp3) is 0.385. The number of urea groups is 1. The van der Waals surface area contributed by atoms with Gasteiger partial charge in [-0.05, 0) is 37.4 Å². The maximum absolute atomic E-state index is 11.9. The quantitative estimate of drug-likeness (QED) is 0.787. The number of carboxylic acids is 1. The molecule has 0 fully saturated rings. The normalized spacial score (nSPS) is 10.0. The molecule has 0 aliphatic heterocycles. The number of amides is 2. The topological polar surface area (TPSA) is 69.6 Å². The number of benzene rings is 1. The van der Waals surface area contributed by atoms with Crippen LogP contribution in [0.15, 0.2) is 29.2 Å². The predicted molar refractivity (Wildman–Crippen MR) is 76.7 cm³/mol. The average molecular weight is 282 g/mol. The van der Waals surface area contributed by atoms with Crippen LogP contribution in [0.3, 0.4) is 0 Å². The van der Waals surface area contributed by atoms with Gasteiger partial charge in [-0.1, -0.05) is 0 Å². The molecule has 0 aliphatic rings. The number of hydrogen-bond acceptors (Lipinski definition) is 3. The largest absolute Gasteiger partial charge is 0.481 e. The number of carboxylic acid groups (broad SMARTS) is 1. The standard InChI is InChI=1S/C13H18N2O3S/c1-3-15(9-8-12(16)17)13(18)14-10-4-6-11(19-2)7-5-10/h4-7H,3,8-9H2,1-2H3,(H,14,18)(H,16,17). The van der Waals surface area contributed by atoms with Gasteiger partial charge in [-0.25, -0.2) is 4.79 Å². The van der Waals surface area contributed by atoms with Gasteiger partial charge in [0.15, 0.2) is 0 Å². The van der Waals surface area contributed by atoms with E-state index >= 15 is 0 Å². The van der Waals surface area contributed by atoms with Crippen LogP contribution in [0, 0.1) is 0 Å². The molecule has 0 radical (unpaired) electrons. The van der Waals surface area contributed by atoms with Crippen molar-refractivity contribution in [3.05, 3.63) is 24.3 Å². The number of aliphatic carboxylic acids is 1. The second kappa shape index (κ2) is 7.68. The van der Waals surface area contributed by atoms with Crippen molar-refractivity contribution >= 4 is 29.4 Å². The molecular formula is C13H18N2O3S. The zero-order valence-corrected chi connectivity index (χ0v) is 11.9. The highest BCUT2D eigenvalue weighted by Crippen LogP contribution is 2.17. The number of carbonyl (C=O) groups is 2. The van der Waals surface area contributed by atoms with Gasteiger partial charge in [0.25, 0.3) is 0 Å². The molecule has 1 rings (SSSR count). The molecule has 1 aromatic carbocycles. The van der Waals surface area contributed by atoms with Gasteiger partial charge in [-0.3, -0.25) is 4.79 Å². The smallest absolute Gasteiger partial charge is 0.321 e. The Morgan fingerprint density at radius 3 is 2.42 bits per heavy atom. The van der Waals surface area contributed by atoms with Gasteiger partial charge in [0.1, 0.15) is 0 Å². The highest BCUT2D eigenvalue weighted by molar-refractivity contribution is 7.98. The monoisotopic (exact) mass is 282 g/mol. The second-order valence-electron chi connectivity index (χ2n) is 3.88. The molecule has 104 valence electrons. The van der Waals surface area contributed by atoms with Crippen LogP contribution in [0.5, 0.6) is 0 Å². The minimum absolute atomic E-state index is 0.0489. The third-order valence-corrected chi connectivity index (χ3v) is 3.35. The Labute approximate surface area is 117 Å². The van der Waals surface area contributed by atoms with Crippen molar-refractivity contribution < 1.29 is 14.7 Å². The molecule has 0 atom stereocenters. The van der Waals surface area contributed by atoms with E-state index in [1.165, 1.54) is 4.90 Å². The van der Waals surface area contributed by atoms with E-state index in [9.17, 15) is 9.59 Å². The van der Waals surface area contributed by atoms with Crippen LogP contribution in [0.2, 0.25) is 0 Å². The Hall–Kier alpha value is -1.69. The zero-order valence-electron chi connectivity index (χ0n) is 11.0. The Morgan fingerprint density at radius 2 is 1.95 bits per heavy atom. The molecule has 0 saturated heterocycles. The predicted octanol–water partition coefficient (Wildman–Crippen LogP) is 2.74. The first kappa shape index (κ1) is 15.4. The van der Waals surface area contributed by atoms with Crippen molar-refractivity contribution in [2.75, 3.05) is 24.7 Å². The fourth-order valence-corrected chi connectivity index (χ4v) is 1.92. The number of hydrogen-bond donors (Lipinski definition) is 2. The number of carbonyl (C=O) groups excluding carboxylic acids is 1. The molecule has 0 aliphatic carbocycles. The molecule has 0 bridgehead atoms. The molecule has 0 heterocycles. The minimum atomic E-state index is -0.907. The second-order valence-corrected chi connectivity index (χ2v) is 4.76. The Morgan fingerprint density at radius 1 is 1.32 bits per heavy atom. The zero-order chi connectivity index (χ0) is 14.3. The number of anilines is 1. The molecule has 1 aromatic rings. The summed E-state index contributed by atoms with van der Waals surface area (Å²) in [7, 11) is 0. The van der Waals surface area contributed by atoms with Gasteiger partial charge < -0.3 is 15.3 Å². The van der Waals surface area contributed by atoms with Crippen molar-refractivity contribution in [1.82, 2.24) is 4.90 Å². The van der Waals surface area contributed by atoms with Gasteiger partial charge in [-0.15, -0.1) is 11.8 Å². The lowest BCUT2D eigenvalue weighted by Crippen LogP contribution is -2.36. The van der Waals surface area contributed by atoms with Gasteiger partial charge in [-0.2, -0.15) is 0 Å². The van der Waals surface area contributed by atoms with Crippen LogP contribution < -0.4 is 5.32 Å². The molecule has 0 unspecified atom stereocenters. The number of thioether (sulfide) groups is 1. The summed E-state index contributed by atoms with van der Waals surface area (Å²) in [5.74, 6) is -0.907. The highest BCUT2D eigenvalue weighted by Gasteiger charge is 2.12. The van der Waals surface area contributed by atoms with Crippen LogP contribution in [0.1, 0.15) is 13.3 Å². The summed E-state index contributed by atoms with van der Waals surface area (Å²) in [5, 5.41) is 11.4. The Kier molecular flexibility index (Phi) is 6.21. The van der Waals surface area contributed by atoms with Gasteiger partial charge in [0.05, 0.1) is 6.42 Å². The van der Waals surface area contributed by atoms with Crippen molar-refractivity contribution in [2.45, 2.75) is 18.2 Å². The number of nitrogens with zero attached hydrogens (tertiary/aromatic N) is 1. The lowest BCUT2D eigenvalue weighted by molar-refractivity contribution is -0.137. The third kappa shape index (κ3) is 5.21. The molecule has 2 amide bonds. The molecule has 6 heteroatoms. The van der Waals surface area contributed by atoms with Gasteiger partial charge in [0, 0.05) is 23.7 Å². The molecule has 19 heavy (non-hydrogen) atoms. The highest BCUT2D eigenvalue weighted by atomic mass is 32.2. The van der Waals surface area contributed by atoms with Crippen LogP contribution >= 0.6 is 11.8 Å². The lowest BCUT2D eigenvalue weighted by atomic mass is 10.3. The number of rotatable bonds is 6. The summed E-state index contributed by atoms with van der Waals surface area (Å²) in [4.78, 5) is 25.0. The van der Waals surface area contributed by atoms with Crippen LogP contribution in [-0.4, -0.2) is 41.4 Å². The molecule has 5 nitrogen and oxygen atoms in total. The summed E-state index contributed by atoms with van der Waals surface area (Å²) in [5.41, 5.74) is 0.705. The SMILES string of the molecule is CCN(CCC(=O)O)C(=O)Nc1ccc(SC)cc1. The van der Waals surface area contributed by atoms with E-state index < -0.39 is 5.97 Å². The van der Waals surface area contributed by atoms with E-state index in [4.69, 9.17) is 5.11 Å². The van der Waals surface area contributed by atoms with Crippen molar-refractivity contribution in [1.29, 1.82) is 0 Å². The van der Waals surface area contributed by atoms with E-state index in [1.807, 2.05) is 37.4 Å². The van der Waals surface area contributed by atoms with E-state index in [0.717, 1.165) is 4.90 Å². The first-order valence-electron chi connectivity index (χ1n) is 5.98. The molecule has 0 aromatic heterocycles. The van der Waals surface area contributed by atoms with E-state index in [0.29, 0.717) is 12.2 Å². The van der Waals surface area contributed by atoms with E-state index in [-0.39, 0.29) is 19.0 Å². The summed E-state index contributed by atoms with van der Waals surface area (Å²) in [6.07, 6.45) is 1.94. The first-order chi connectivity index (χ1) is 9.06. The Bertz CT molecular complexity index is 434. The van der Waals surface area contributed by atoms with Crippen LogP contribution in [0.25, 0.3) is 0 Å². The van der Waals surface area contributed by atoms with E-state index in [1.54, 1.807) is 11.8 Å². The first-order valence-corrected chi connectivity index (χ1v) is 7.21. The average Bonchev–Trinajstić information content (AvgIpc) is 2.40. The van der Waals surface area contributed by atoms with Crippen molar-refractivity contribution in [3.63, 3.8) is 0 Å². The lowest BCUT2D eigenvalue weighted by Gasteiger charge is -2.20. The summed E-state index contributed by atoms with van der Waals surface area (Å²) < 4.78 is 0. The number of nitrogens with one attached hydrogen (secondary N) is 1. The molecule has 2 N–H and O–H groups in total. The van der Waals surface area contributed by atoms with E-state index in [2.05, 4.69) is 5.32 Å². The summed E-state index contributed by atoms with van der Waals surface area (Å²) >= 11 is 1.63. The molecule has 0 spiro atoms. The summed E-state index contributed by atoms with van der Waals surface area (Å²) in [6, 6.07) is 7.23. The third-order valence-electron chi connectivity index (χ3n) is 2.61. The van der Waals surface area contributed by atoms with Crippen molar-refractivity contribution in [2.24, 2.45) is 0 Å². The Balaban J connectivity index is 2.57. The molecular weight excluding hydrogens is 264 g/mol. The van der Waals surface area contributed by atoms with Gasteiger partial charge in [0.2, 0.25) is 0 Å². The minimum Gasteiger partial charge on any atom is -0.481 e. The fourth-order valence-electron chi connectivity index (χ4n) is 1.51. The summed E-state index contributed by atoms with van der Waals surface area (Å²) in [6.45, 7) is 2.50. The molecule has 0 saturated carbocycles. The van der Waals surface area contributed by atoms with Crippen LogP contribution in [0.4, 0.5) is 10.5 Å².